The highest BCUT2D eigenvalue weighted by molar-refractivity contribution is 6.30. The number of benzene rings is 1. The molecule has 1 atom stereocenters. The number of aryl methyl sites for hydroxylation is 1. The minimum atomic E-state index is -0.323. The van der Waals surface area contributed by atoms with Crippen LogP contribution in [0.25, 0.3) is 0 Å². The van der Waals surface area contributed by atoms with Gasteiger partial charge in [0.05, 0.1) is 0 Å². The second-order valence-electron chi connectivity index (χ2n) is 6.68. The Labute approximate surface area is 147 Å². The summed E-state index contributed by atoms with van der Waals surface area (Å²) < 4.78 is 0. The molecule has 0 saturated carbocycles. The Hall–Kier alpha value is -1.59. The maximum absolute atomic E-state index is 12.5. The molecule has 2 fully saturated rings. The number of rotatable bonds is 3. The third kappa shape index (κ3) is 4.08. The molecule has 1 aromatic rings. The Morgan fingerprint density at radius 3 is 2.71 bits per heavy atom. The highest BCUT2D eigenvalue weighted by atomic mass is 35.5. The van der Waals surface area contributed by atoms with E-state index in [1.165, 1.54) is 11.1 Å². The zero-order chi connectivity index (χ0) is 17.1. The number of piperazine rings is 1. The van der Waals surface area contributed by atoms with Crippen molar-refractivity contribution in [3.63, 3.8) is 0 Å². The SMILES string of the molecule is Cc1cc(Cl)ccc1CN1CCN(C(=O)[C@H]2CCCC(=O)N2)CC1. The van der Waals surface area contributed by atoms with Gasteiger partial charge in [-0.1, -0.05) is 17.7 Å². The molecule has 0 spiro atoms. The van der Waals surface area contributed by atoms with Gasteiger partial charge in [0, 0.05) is 44.2 Å². The number of amides is 2. The standard InChI is InChI=1S/C18H24ClN3O2/c1-13-11-15(19)6-5-14(13)12-21-7-9-22(10-8-21)18(24)16-3-2-4-17(23)20-16/h5-6,11,16H,2-4,7-10,12H2,1H3,(H,20,23)/t16-/m1/s1. The summed E-state index contributed by atoms with van der Waals surface area (Å²) in [4.78, 5) is 28.3. The molecule has 3 rings (SSSR count). The second-order valence-corrected chi connectivity index (χ2v) is 7.12. The first-order valence-corrected chi connectivity index (χ1v) is 8.96. The molecule has 1 aromatic carbocycles. The first-order chi connectivity index (χ1) is 11.5. The fourth-order valence-corrected chi connectivity index (χ4v) is 3.64. The highest BCUT2D eigenvalue weighted by Gasteiger charge is 2.30. The summed E-state index contributed by atoms with van der Waals surface area (Å²) in [6, 6.07) is 5.67. The number of hydrogen-bond acceptors (Lipinski definition) is 3. The third-order valence-corrected chi connectivity index (χ3v) is 5.15. The molecule has 0 unspecified atom stereocenters. The van der Waals surface area contributed by atoms with E-state index in [4.69, 9.17) is 11.6 Å². The zero-order valence-corrected chi connectivity index (χ0v) is 14.8. The van der Waals surface area contributed by atoms with E-state index >= 15 is 0 Å². The number of nitrogens with zero attached hydrogens (tertiary/aromatic N) is 2. The number of hydrogen-bond donors (Lipinski definition) is 1. The van der Waals surface area contributed by atoms with Crippen LogP contribution < -0.4 is 5.32 Å². The van der Waals surface area contributed by atoms with Crippen molar-refractivity contribution in [1.82, 2.24) is 15.1 Å². The average Bonchev–Trinajstić information content (AvgIpc) is 2.57. The third-order valence-electron chi connectivity index (χ3n) is 4.91. The van der Waals surface area contributed by atoms with Crippen LogP contribution in [0.3, 0.4) is 0 Å². The average molecular weight is 350 g/mol. The largest absolute Gasteiger partial charge is 0.344 e. The minimum absolute atomic E-state index is 0.00329. The molecule has 2 aliphatic heterocycles. The van der Waals surface area contributed by atoms with E-state index in [1.807, 2.05) is 17.0 Å². The number of piperidine rings is 1. The van der Waals surface area contributed by atoms with Gasteiger partial charge in [-0.05, 0) is 43.0 Å². The van der Waals surface area contributed by atoms with Crippen LogP contribution in [0.1, 0.15) is 30.4 Å². The molecule has 5 nitrogen and oxygen atoms in total. The lowest BCUT2D eigenvalue weighted by Gasteiger charge is -2.37. The normalized spacial score (nSPS) is 22.3. The van der Waals surface area contributed by atoms with Gasteiger partial charge in [0.25, 0.3) is 0 Å². The topological polar surface area (TPSA) is 52.7 Å². The van der Waals surface area contributed by atoms with Gasteiger partial charge in [0.1, 0.15) is 6.04 Å². The minimum Gasteiger partial charge on any atom is -0.344 e. The lowest BCUT2D eigenvalue weighted by molar-refractivity contribution is -0.139. The van der Waals surface area contributed by atoms with Crippen molar-refractivity contribution in [2.45, 2.75) is 38.8 Å². The van der Waals surface area contributed by atoms with Gasteiger partial charge in [-0.3, -0.25) is 14.5 Å². The summed E-state index contributed by atoms with van der Waals surface area (Å²) in [5.74, 6) is 0.0711. The van der Waals surface area contributed by atoms with E-state index in [0.29, 0.717) is 6.42 Å². The Bertz CT molecular complexity index is 627. The molecule has 0 aromatic heterocycles. The van der Waals surface area contributed by atoms with E-state index in [2.05, 4.69) is 23.2 Å². The van der Waals surface area contributed by atoms with Crippen LogP contribution in [-0.2, 0) is 16.1 Å². The summed E-state index contributed by atoms with van der Waals surface area (Å²) in [7, 11) is 0. The lowest BCUT2D eigenvalue weighted by atomic mass is 10.0. The maximum atomic E-state index is 12.5. The van der Waals surface area contributed by atoms with Gasteiger partial charge < -0.3 is 10.2 Å². The Balaban J connectivity index is 1.52. The highest BCUT2D eigenvalue weighted by Crippen LogP contribution is 2.18. The van der Waals surface area contributed by atoms with E-state index in [-0.39, 0.29) is 17.9 Å². The van der Waals surface area contributed by atoms with E-state index < -0.39 is 0 Å². The molecule has 2 saturated heterocycles. The first kappa shape index (κ1) is 17.2. The number of nitrogens with one attached hydrogen (secondary N) is 1. The second kappa shape index (κ2) is 7.53. The van der Waals surface area contributed by atoms with Crippen molar-refractivity contribution in [2.75, 3.05) is 26.2 Å². The predicted octanol–water partition coefficient (Wildman–Crippen LogP) is 1.96. The monoisotopic (exact) mass is 349 g/mol. The maximum Gasteiger partial charge on any atom is 0.245 e. The van der Waals surface area contributed by atoms with Crippen LogP contribution in [0, 0.1) is 6.92 Å². The van der Waals surface area contributed by atoms with Crippen LogP contribution in [0.5, 0.6) is 0 Å². The predicted molar refractivity (Wildman–Crippen MR) is 93.8 cm³/mol. The molecule has 0 bridgehead atoms. The van der Waals surface area contributed by atoms with Gasteiger partial charge in [0.15, 0.2) is 0 Å². The van der Waals surface area contributed by atoms with Crippen LogP contribution in [0.15, 0.2) is 18.2 Å². The Morgan fingerprint density at radius 1 is 1.29 bits per heavy atom. The van der Waals surface area contributed by atoms with Crippen LogP contribution in [-0.4, -0.2) is 53.8 Å². The fourth-order valence-electron chi connectivity index (χ4n) is 3.41. The molecule has 0 radical (unpaired) electrons. The van der Waals surface area contributed by atoms with Gasteiger partial charge in [-0.2, -0.15) is 0 Å². The van der Waals surface area contributed by atoms with E-state index in [1.54, 1.807) is 0 Å². The molecule has 2 heterocycles. The van der Waals surface area contributed by atoms with Gasteiger partial charge >= 0.3 is 0 Å². The van der Waals surface area contributed by atoms with Crippen molar-refractivity contribution >= 4 is 23.4 Å². The quantitative estimate of drug-likeness (QED) is 0.907. The molecule has 2 amide bonds. The van der Waals surface area contributed by atoms with Crippen molar-refractivity contribution in [2.24, 2.45) is 0 Å². The summed E-state index contributed by atoms with van der Waals surface area (Å²) in [6.07, 6.45) is 2.10. The number of carbonyl (C=O) groups is 2. The van der Waals surface area contributed by atoms with Gasteiger partial charge in [-0.25, -0.2) is 0 Å². The van der Waals surface area contributed by atoms with Crippen molar-refractivity contribution in [3.05, 3.63) is 34.3 Å². The molecule has 2 aliphatic rings. The lowest BCUT2D eigenvalue weighted by Crippen LogP contribution is -2.55. The van der Waals surface area contributed by atoms with Gasteiger partial charge in [-0.15, -0.1) is 0 Å². The fraction of sp³-hybridized carbons (Fsp3) is 0.556. The number of carbonyl (C=O) groups excluding carboxylic acids is 2. The molecule has 130 valence electrons. The Kier molecular flexibility index (Phi) is 5.41. The first-order valence-electron chi connectivity index (χ1n) is 8.58. The molecule has 1 N–H and O–H groups in total. The summed E-state index contributed by atoms with van der Waals surface area (Å²) >= 11 is 6.01. The summed E-state index contributed by atoms with van der Waals surface area (Å²) in [5, 5.41) is 3.59. The Morgan fingerprint density at radius 2 is 2.04 bits per heavy atom. The van der Waals surface area contributed by atoms with E-state index in [9.17, 15) is 9.59 Å². The number of halogens is 1. The van der Waals surface area contributed by atoms with Crippen LogP contribution in [0.4, 0.5) is 0 Å². The molecule has 24 heavy (non-hydrogen) atoms. The summed E-state index contributed by atoms with van der Waals surface area (Å²) in [5.41, 5.74) is 2.48. The van der Waals surface area contributed by atoms with Crippen molar-refractivity contribution < 1.29 is 9.59 Å². The van der Waals surface area contributed by atoms with Crippen LogP contribution >= 0.6 is 11.6 Å². The van der Waals surface area contributed by atoms with E-state index in [0.717, 1.165) is 50.6 Å². The summed E-state index contributed by atoms with van der Waals surface area (Å²) in [6.45, 7) is 6.11. The van der Waals surface area contributed by atoms with Crippen molar-refractivity contribution in [3.8, 4) is 0 Å². The smallest absolute Gasteiger partial charge is 0.245 e. The molecule has 0 aliphatic carbocycles. The molecule has 6 heteroatoms. The zero-order valence-electron chi connectivity index (χ0n) is 14.1. The van der Waals surface area contributed by atoms with Gasteiger partial charge in [0.2, 0.25) is 11.8 Å². The molecular formula is C18H24ClN3O2. The molecular weight excluding hydrogens is 326 g/mol. The van der Waals surface area contributed by atoms with Crippen LogP contribution in [0.2, 0.25) is 5.02 Å². The van der Waals surface area contributed by atoms with Crippen molar-refractivity contribution in [1.29, 1.82) is 0 Å².